The van der Waals surface area contributed by atoms with Crippen LogP contribution in [-0.4, -0.2) is 23.4 Å². The summed E-state index contributed by atoms with van der Waals surface area (Å²) in [5.41, 5.74) is 6.03. The fourth-order valence-electron chi connectivity index (χ4n) is 4.72. The molecule has 2 aromatic rings. The van der Waals surface area contributed by atoms with Crippen LogP contribution in [0.1, 0.15) is 80.5 Å². The van der Waals surface area contributed by atoms with Gasteiger partial charge >= 0.3 is 5.97 Å². The monoisotopic (exact) mass is 421 g/mol. The number of fused-ring (bicyclic) bond motifs is 1. The molecule has 0 fully saturated rings. The minimum atomic E-state index is -0.843. The van der Waals surface area contributed by atoms with Crippen LogP contribution in [-0.2, 0) is 21.7 Å². The predicted octanol–water partition coefficient (Wildman–Crippen LogP) is 5.78. The van der Waals surface area contributed by atoms with E-state index in [0.29, 0.717) is 25.6 Å². The van der Waals surface area contributed by atoms with Gasteiger partial charge in [0.15, 0.2) is 0 Å². The predicted molar refractivity (Wildman–Crippen MR) is 121 cm³/mol. The molecule has 164 valence electrons. The molecular weight excluding hydrogens is 390 g/mol. The standard InChI is InChI=1S/C26H31NO4/c1-17-10-12-26(2,3)23-9-4-18(14-21(17)23)16-30-20-7-5-19(6-8-20)22(15-25(28)29)24-11-13-31-27-24/h4-9,14,17,22H,10-13,15-16H2,1-3H3,(H,28,29). The summed E-state index contributed by atoms with van der Waals surface area (Å²) < 4.78 is 6.04. The number of ether oxygens (including phenoxy) is 1. The highest BCUT2D eigenvalue weighted by Gasteiger charge is 2.30. The molecule has 0 radical (unpaired) electrons. The van der Waals surface area contributed by atoms with Crippen LogP contribution in [0.3, 0.4) is 0 Å². The van der Waals surface area contributed by atoms with Gasteiger partial charge in [-0.2, -0.15) is 0 Å². The first-order valence-electron chi connectivity index (χ1n) is 11.1. The second-order valence-corrected chi connectivity index (χ2v) is 9.42. The molecule has 0 saturated carbocycles. The Balaban J connectivity index is 1.45. The van der Waals surface area contributed by atoms with Gasteiger partial charge in [-0.05, 0) is 58.6 Å². The molecule has 0 amide bonds. The summed E-state index contributed by atoms with van der Waals surface area (Å²) in [5, 5.41) is 13.3. The molecule has 0 aromatic heterocycles. The van der Waals surface area contributed by atoms with E-state index in [2.05, 4.69) is 44.1 Å². The lowest BCUT2D eigenvalue weighted by atomic mass is 9.69. The average molecular weight is 422 g/mol. The molecule has 5 heteroatoms. The van der Waals surface area contributed by atoms with E-state index in [0.717, 1.165) is 17.0 Å². The van der Waals surface area contributed by atoms with Crippen LogP contribution < -0.4 is 4.74 Å². The Kier molecular flexibility index (Phi) is 6.03. The third-order valence-corrected chi connectivity index (χ3v) is 6.68. The summed E-state index contributed by atoms with van der Waals surface area (Å²) in [7, 11) is 0. The highest BCUT2D eigenvalue weighted by molar-refractivity contribution is 5.94. The quantitative estimate of drug-likeness (QED) is 0.616. The molecule has 0 saturated heterocycles. The van der Waals surface area contributed by atoms with Crippen molar-refractivity contribution in [3.8, 4) is 5.75 Å². The van der Waals surface area contributed by atoms with Gasteiger partial charge in [-0.25, -0.2) is 0 Å². The Morgan fingerprint density at radius 1 is 1.26 bits per heavy atom. The van der Waals surface area contributed by atoms with Crippen LogP contribution in [0.5, 0.6) is 5.75 Å². The zero-order valence-electron chi connectivity index (χ0n) is 18.6. The van der Waals surface area contributed by atoms with Gasteiger partial charge in [0.1, 0.15) is 19.0 Å². The van der Waals surface area contributed by atoms with Crippen molar-refractivity contribution in [1.29, 1.82) is 0 Å². The molecule has 2 aromatic carbocycles. The summed E-state index contributed by atoms with van der Waals surface area (Å²) in [4.78, 5) is 16.4. The first-order chi connectivity index (χ1) is 14.8. The Morgan fingerprint density at radius 2 is 2.03 bits per heavy atom. The van der Waals surface area contributed by atoms with Crippen LogP contribution in [0.2, 0.25) is 0 Å². The lowest BCUT2D eigenvalue weighted by Crippen LogP contribution is -2.25. The minimum Gasteiger partial charge on any atom is -0.489 e. The summed E-state index contributed by atoms with van der Waals surface area (Å²) in [6.45, 7) is 8.00. The highest BCUT2D eigenvalue weighted by atomic mass is 16.6. The van der Waals surface area contributed by atoms with E-state index < -0.39 is 5.97 Å². The lowest BCUT2D eigenvalue weighted by molar-refractivity contribution is -0.137. The van der Waals surface area contributed by atoms with Crippen LogP contribution >= 0.6 is 0 Å². The molecule has 1 aliphatic heterocycles. The smallest absolute Gasteiger partial charge is 0.304 e. The molecular formula is C26H31NO4. The number of hydrogen-bond acceptors (Lipinski definition) is 4. The van der Waals surface area contributed by atoms with Crippen LogP contribution in [0.4, 0.5) is 0 Å². The van der Waals surface area contributed by atoms with E-state index in [-0.39, 0.29) is 17.8 Å². The van der Waals surface area contributed by atoms with Crippen molar-refractivity contribution in [3.05, 3.63) is 64.7 Å². The highest BCUT2D eigenvalue weighted by Crippen LogP contribution is 2.42. The number of aliphatic carboxylic acids is 1. The van der Waals surface area contributed by atoms with Crippen LogP contribution in [0, 0.1) is 0 Å². The second-order valence-electron chi connectivity index (χ2n) is 9.42. The van der Waals surface area contributed by atoms with Gasteiger partial charge in [-0.3, -0.25) is 4.79 Å². The second kappa shape index (κ2) is 8.74. The fourth-order valence-corrected chi connectivity index (χ4v) is 4.72. The number of hydrogen-bond donors (Lipinski definition) is 1. The van der Waals surface area contributed by atoms with Crippen molar-refractivity contribution in [3.63, 3.8) is 0 Å². The maximum Gasteiger partial charge on any atom is 0.304 e. The number of oxime groups is 1. The van der Waals surface area contributed by atoms with Crippen molar-refractivity contribution < 1.29 is 19.5 Å². The molecule has 2 aliphatic rings. The Morgan fingerprint density at radius 3 is 2.71 bits per heavy atom. The first kappa shape index (κ1) is 21.4. The lowest BCUT2D eigenvalue weighted by Gasteiger charge is -2.36. The van der Waals surface area contributed by atoms with E-state index in [1.54, 1.807) is 0 Å². The van der Waals surface area contributed by atoms with Gasteiger partial charge in [-0.1, -0.05) is 56.3 Å². The van der Waals surface area contributed by atoms with Crippen molar-refractivity contribution in [1.82, 2.24) is 0 Å². The van der Waals surface area contributed by atoms with Crippen molar-refractivity contribution >= 4 is 11.7 Å². The Labute approximate surface area is 184 Å². The van der Waals surface area contributed by atoms with Crippen molar-refractivity contribution in [2.24, 2.45) is 5.16 Å². The van der Waals surface area contributed by atoms with Gasteiger partial charge in [-0.15, -0.1) is 0 Å². The van der Waals surface area contributed by atoms with E-state index in [4.69, 9.17) is 9.57 Å². The van der Waals surface area contributed by atoms with Gasteiger partial charge < -0.3 is 14.7 Å². The van der Waals surface area contributed by atoms with Gasteiger partial charge in [0, 0.05) is 12.3 Å². The zero-order valence-corrected chi connectivity index (χ0v) is 18.6. The van der Waals surface area contributed by atoms with E-state index >= 15 is 0 Å². The number of carboxylic acids is 1. The molecule has 1 aliphatic carbocycles. The number of carboxylic acid groups (broad SMARTS) is 1. The van der Waals surface area contributed by atoms with Crippen LogP contribution in [0.25, 0.3) is 0 Å². The number of benzene rings is 2. The molecule has 2 unspecified atom stereocenters. The molecule has 2 atom stereocenters. The van der Waals surface area contributed by atoms with Gasteiger partial charge in [0.2, 0.25) is 0 Å². The zero-order chi connectivity index (χ0) is 22.0. The Hall–Kier alpha value is -2.82. The van der Waals surface area contributed by atoms with Crippen molar-refractivity contribution in [2.75, 3.05) is 6.61 Å². The third kappa shape index (κ3) is 4.76. The van der Waals surface area contributed by atoms with Gasteiger partial charge in [0.05, 0.1) is 12.1 Å². The van der Waals surface area contributed by atoms with E-state index in [1.807, 2.05) is 24.3 Å². The van der Waals surface area contributed by atoms with E-state index in [1.165, 1.54) is 29.5 Å². The maximum atomic E-state index is 11.3. The maximum absolute atomic E-state index is 11.3. The molecule has 0 spiro atoms. The molecule has 1 N–H and O–H groups in total. The van der Waals surface area contributed by atoms with E-state index in [9.17, 15) is 9.90 Å². The number of rotatable bonds is 7. The fraction of sp³-hybridized carbons (Fsp3) is 0.462. The minimum absolute atomic E-state index is 0.00601. The topological polar surface area (TPSA) is 68.1 Å². The molecule has 4 rings (SSSR count). The number of nitrogens with zero attached hydrogens (tertiary/aromatic N) is 1. The third-order valence-electron chi connectivity index (χ3n) is 6.68. The summed E-state index contributed by atoms with van der Waals surface area (Å²) >= 11 is 0. The van der Waals surface area contributed by atoms with Crippen molar-refractivity contribution in [2.45, 2.75) is 70.3 Å². The van der Waals surface area contributed by atoms with Gasteiger partial charge in [0.25, 0.3) is 0 Å². The molecule has 1 heterocycles. The molecule has 0 bridgehead atoms. The number of carbonyl (C=O) groups is 1. The summed E-state index contributed by atoms with van der Waals surface area (Å²) in [5.74, 6) is 0.244. The molecule has 31 heavy (non-hydrogen) atoms. The Bertz CT molecular complexity index is 977. The normalized spacial score (nSPS) is 20.4. The molecule has 5 nitrogen and oxygen atoms in total. The average Bonchev–Trinajstić information content (AvgIpc) is 3.28. The first-order valence-corrected chi connectivity index (χ1v) is 11.1. The SMILES string of the molecule is CC1CCC(C)(C)c2ccc(COc3ccc(C(CC(=O)O)C4=NOCC4)cc3)cc21. The van der Waals surface area contributed by atoms with Crippen LogP contribution in [0.15, 0.2) is 47.6 Å². The summed E-state index contributed by atoms with van der Waals surface area (Å²) in [6, 6.07) is 14.4. The summed E-state index contributed by atoms with van der Waals surface area (Å²) in [6.07, 6.45) is 3.13. The largest absolute Gasteiger partial charge is 0.489 e.